The van der Waals surface area contributed by atoms with Crippen LogP contribution < -0.4 is 20.3 Å². The Morgan fingerprint density at radius 2 is 1.80 bits per heavy atom. The van der Waals surface area contributed by atoms with Gasteiger partial charge in [0.25, 0.3) is 5.56 Å². The van der Waals surface area contributed by atoms with E-state index in [1.54, 1.807) is 27.3 Å². The lowest BCUT2D eigenvalue weighted by atomic mass is 10.1. The molecule has 0 aliphatic rings. The molecular weight excluding hydrogens is 398 g/mol. The Morgan fingerprint density at radius 3 is 2.47 bits per heavy atom. The molecule has 3 aromatic rings. The van der Waals surface area contributed by atoms with Crippen molar-refractivity contribution >= 4 is 28.2 Å². The molecule has 2 aromatic carbocycles. The predicted octanol–water partition coefficient (Wildman–Crippen LogP) is 3.40. The summed E-state index contributed by atoms with van der Waals surface area (Å²) in [6.07, 6.45) is 0.838. The number of aromatic nitrogens is 1. The number of aromatic amines is 1. The van der Waals surface area contributed by atoms with Crippen LogP contribution in [0.15, 0.2) is 47.3 Å². The number of H-pyrrole nitrogens is 1. The van der Waals surface area contributed by atoms with Crippen molar-refractivity contribution in [3.8, 4) is 11.5 Å². The molecule has 0 radical (unpaired) electrons. The number of nitrogens with zero attached hydrogens (tertiary/aromatic N) is 1. The van der Waals surface area contributed by atoms with Gasteiger partial charge < -0.3 is 24.7 Å². The highest BCUT2D eigenvalue weighted by Gasteiger charge is 2.14. The number of aryl methyl sites for hydroxylation is 1. The van der Waals surface area contributed by atoms with Crippen molar-refractivity contribution in [3.63, 3.8) is 0 Å². The number of methoxy groups -OCH3 is 2. The van der Waals surface area contributed by atoms with Gasteiger partial charge in [-0.15, -0.1) is 0 Å². The molecule has 2 N–H and O–H groups in total. The van der Waals surface area contributed by atoms with E-state index in [4.69, 9.17) is 21.7 Å². The first kappa shape index (κ1) is 21.6. The number of benzene rings is 2. The van der Waals surface area contributed by atoms with Gasteiger partial charge in [-0.25, -0.2) is 0 Å². The highest BCUT2D eigenvalue weighted by Crippen LogP contribution is 2.31. The largest absolute Gasteiger partial charge is 0.493 e. The summed E-state index contributed by atoms with van der Waals surface area (Å²) < 4.78 is 10.7. The Kier molecular flexibility index (Phi) is 6.95. The zero-order valence-corrected chi connectivity index (χ0v) is 18.6. The quantitative estimate of drug-likeness (QED) is 0.566. The average Bonchev–Trinajstić information content (AvgIpc) is 2.76. The molecule has 3 rings (SSSR count). The fraction of sp³-hybridized carbons (Fsp3) is 0.304. The van der Waals surface area contributed by atoms with Crippen LogP contribution in [0.1, 0.15) is 16.7 Å². The standard InChI is InChI=1S/C23H27N3O3S/c1-15-7-5-6-8-16(15)9-10-26(23(30)24-2)14-18-11-17-12-20(28-3)21(29-4)13-19(17)25-22(18)27/h5-8,11-13H,9-10,14H2,1-4H3,(H,24,30)(H,25,27). The van der Waals surface area contributed by atoms with E-state index in [-0.39, 0.29) is 5.56 Å². The van der Waals surface area contributed by atoms with Gasteiger partial charge in [0.15, 0.2) is 16.6 Å². The maximum absolute atomic E-state index is 12.7. The molecule has 1 aromatic heterocycles. The van der Waals surface area contributed by atoms with E-state index in [9.17, 15) is 4.79 Å². The van der Waals surface area contributed by atoms with Crippen molar-refractivity contribution < 1.29 is 9.47 Å². The lowest BCUT2D eigenvalue weighted by Crippen LogP contribution is -2.39. The smallest absolute Gasteiger partial charge is 0.253 e. The topological polar surface area (TPSA) is 66.6 Å². The summed E-state index contributed by atoms with van der Waals surface area (Å²) in [7, 11) is 4.96. The van der Waals surface area contributed by atoms with Gasteiger partial charge >= 0.3 is 0 Å². The van der Waals surface area contributed by atoms with E-state index in [0.717, 1.165) is 11.8 Å². The predicted molar refractivity (Wildman–Crippen MR) is 125 cm³/mol. The van der Waals surface area contributed by atoms with Crippen LogP contribution in [0, 0.1) is 6.92 Å². The fourth-order valence-corrected chi connectivity index (χ4v) is 3.61. The highest BCUT2D eigenvalue weighted by atomic mass is 32.1. The molecule has 0 aliphatic carbocycles. The third-order valence-electron chi connectivity index (χ3n) is 5.20. The minimum atomic E-state index is -0.144. The van der Waals surface area contributed by atoms with Crippen LogP contribution in [0.2, 0.25) is 0 Å². The van der Waals surface area contributed by atoms with Gasteiger partial charge in [0.1, 0.15) is 0 Å². The Morgan fingerprint density at radius 1 is 1.10 bits per heavy atom. The summed E-state index contributed by atoms with van der Waals surface area (Å²) in [5.41, 5.74) is 3.71. The zero-order valence-electron chi connectivity index (χ0n) is 17.7. The number of hydrogen-bond donors (Lipinski definition) is 2. The number of fused-ring (bicyclic) bond motifs is 1. The second kappa shape index (κ2) is 9.63. The highest BCUT2D eigenvalue weighted by molar-refractivity contribution is 7.80. The summed E-state index contributed by atoms with van der Waals surface area (Å²) in [6, 6.07) is 13.8. The minimum absolute atomic E-state index is 0.144. The first-order chi connectivity index (χ1) is 14.5. The molecule has 0 amide bonds. The number of thiocarbonyl (C=S) groups is 1. The van der Waals surface area contributed by atoms with Crippen LogP contribution in [0.4, 0.5) is 0 Å². The Balaban J connectivity index is 1.89. The van der Waals surface area contributed by atoms with E-state index in [1.165, 1.54) is 11.1 Å². The molecule has 7 heteroatoms. The van der Waals surface area contributed by atoms with Crippen molar-refractivity contribution in [3.05, 3.63) is 69.5 Å². The van der Waals surface area contributed by atoms with E-state index in [0.29, 0.717) is 40.8 Å². The van der Waals surface area contributed by atoms with Crippen molar-refractivity contribution in [1.82, 2.24) is 15.2 Å². The normalized spacial score (nSPS) is 10.7. The summed E-state index contributed by atoms with van der Waals surface area (Å²) in [5, 5.41) is 4.51. The molecule has 0 fully saturated rings. The Labute approximate surface area is 181 Å². The maximum atomic E-state index is 12.7. The van der Waals surface area contributed by atoms with Crippen molar-refractivity contribution in [2.75, 3.05) is 27.8 Å². The van der Waals surface area contributed by atoms with Crippen LogP contribution in [0.25, 0.3) is 10.9 Å². The third-order valence-corrected chi connectivity index (χ3v) is 5.66. The first-order valence-corrected chi connectivity index (χ1v) is 10.2. The molecule has 158 valence electrons. The van der Waals surface area contributed by atoms with Gasteiger partial charge in [-0.05, 0) is 48.8 Å². The van der Waals surface area contributed by atoms with Gasteiger partial charge in [-0.1, -0.05) is 24.3 Å². The SMILES string of the molecule is CNC(=S)N(CCc1ccccc1C)Cc1cc2cc(OC)c(OC)cc2[nH]c1=O. The lowest BCUT2D eigenvalue weighted by molar-refractivity contribution is 0.355. The zero-order chi connectivity index (χ0) is 21.7. The van der Waals surface area contributed by atoms with Gasteiger partial charge in [-0.3, -0.25) is 4.79 Å². The fourth-order valence-electron chi connectivity index (χ4n) is 3.46. The molecule has 6 nitrogen and oxygen atoms in total. The molecule has 0 saturated heterocycles. The summed E-state index contributed by atoms with van der Waals surface area (Å²) >= 11 is 5.50. The maximum Gasteiger partial charge on any atom is 0.253 e. The lowest BCUT2D eigenvalue weighted by Gasteiger charge is -2.25. The number of nitrogens with one attached hydrogen (secondary N) is 2. The van der Waals surface area contributed by atoms with E-state index < -0.39 is 0 Å². The molecule has 0 unspecified atom stereocenters. The minimum Gasteiger partial charge on any atom is -0.493 e. The molecule has 0 atom stereocenters. The second-order valence-electron chi connectivity index (χ2n) is 7.07. The summed E-state index contributed by atoms with van der Waals surface area (Å²) in [6.45, 7) is 3.21. The Bertz CT molecular complexity index is 1110. The molecule has 1 heterocycles. The second-order valence-corrected chi connectivity index (χ2v) is 7.46. The van der Waals surface area contributed by atoms with Gasteiger partial charge in [-0.2, -0.15) is 0 Å². The average molecular weight is 426 g/mol. The van der Waals surface area contributed by atoms with Crippen molar-refractivity contribution in [1.29, 1.82) is 0 Å². The van der Waals surface area contributed by atoms with Crippen LogP contribution >= 0.6 is 12.2 Å². The van der Waals surface area contributed by atoms with E-state index >= 15 is 0 Å². The molecule has 0 aliphatic heterocycles. The number of hydrogen-bond acceptors (Lipinski definition) is 4. The number of ether oxygens (including phenoxy) is 2. The monoisotopic (exact) mass is 425 g/mol. The summed E-state index contributed by atoms with van der Waals surface area (Å²) in [5.74, 6) is 1.19. The Hall–Kier alpha value is -3.06. The van der Waals surface area contributed by atoms with Gasteiger partial charge in [0.05, 0.1) is 26.3 Å². The summed E-state index contributed by atoms with van der Waals surface area (Å²) in [4.78, 5) is 17.7. The van der Waals surface area contributed by atoms with Crippen LogP contribution in [0.3, 0.4) is 0 Å². The molecule has 30 heavy (non-hydrogen) atoms. The van der Waals surface area contributed by atoms with Gasteiger partial charge in [0.2, 0.25) is 0 Å². The number of rotatable bonds is 7. The third kappa shape index (κ3) is 4.74. The van der Waals surface area contributed by atoms with Gasteiger partial charge in [0, 0.05) is 30.6 Å². The number of pyridine rings is 1. The molecule has 0 saturated carbocycles. The van der Waals surface area contributed by atoms with Crippen molar-refractivity contribution in [2.45, 2.75) is 19.9 Å². The van der Waals surface area contributed by atoms with E-state index in [1.807, 2.05) is 29.2 Å². The first-order valence-electron chi connectivity index (χ1n) is 9.76. The van der Waals surface area contributed by atoms with Crippen molar-refractivity contribution in [2.24, 2.45) is 0 Å². The molecular formula is C23H27N3O3S. The van der Waals surface area contributed by atoms with E-state index in [2.05, 4.69) is 29.4 Å². The molecule has 0 bridgehead atoms. The molecule has 0 spiro atoms. The van der Waals surface area contributed by atoms with Crippen LogP contribution in [-0.4, -0.2) is 42.8 Å². The van der Waals surface area contributed by atoms with Crippen LogP contribution in [-0.2, 0) is 13.0 Å². The van der Waals surface area contributed by atoms with Crippen LogP contribution in [0.5, 0.6) is 11.5 Å².